The Morgan fingerprint density at radius 3 is 1.26 bits per heavy atom. The molecule has 2 nitrogen and oxygen atoms in total. The van der Waals surface area contributed by atoms with Crippen molar-refractivity contribution in [2.75, 3.05) is 0 Å². The summed E-state index contributed by atoms with van der Waals surface area (Å²) in [4.78, 5) is 10.4. The van der Waals surface area contributed by atoms with Crippen molar-refractivity contribution in [2.24, 2.45) is 0 Å². The van der Waals surface area contributed by atoms with Gasteiger partial charge in [-0.3, -0.25) is 4.79 Å². The van der Waals surface area contributed by atoms with Crippen molar-refractivity contribution in [3.63, 3.8) is 0 Å². The molecule has 0 atom stereocenters. The van der Waals surface area contributed by atoms with E-state index in [1.807, 2.05) is 0 Å². The molecule has 0 saturated heterocycles. The van der Waals surface area contributed by atoms with Crippen LogP contribution >= 0.6 is 0 Å². The molecule has 0 rings (SSSR count). The van der Waals surface area contributed by atoms with E-state index < -0.39 is 5.97 Å². The van der Waals surface area contributed by atoms with Gasteiger partial charge in [0.15, 0.2) is 0 Å². The fraction of sp³-hybridized carbons (Fsp3) is 0.880. The molecular formula is C25H48O2. The van der Waals surface area contributed by atoms with Gasteiger partial charge in [-0.1, -0.05) is 115 Å². The monoisotopic (exact) mass is 380 g/mol. The van der Waals surface area contributed by atoms with Gasteiger partial charge < -0.3 is 5.11 Å². The summed E-state index contributed by atoms with van der Waals surface area (Å²) in [5, 5.41) is 8.57. The minimum atomic E-state index is -0.664. The first-order valence-corrected chi connectivity index (χ1v) is 12.1. The zero-order valence-corrected chi connectivity index (χ0v) is 18.4. The van der Waals surface area contributed by atoms with Gasteiger partial charge in [0.25, 0.3) is 0 Å². The Hall–Kier alpha value is -0.790. The van der Waals surface area contributed by atoms with Crippen LogP contribution in [0.5, 0.6) is 0 Å². The fourth-order valence-corrected chi connectivity index (χ4v) is 3.58. The van der Waals surface area contributed by atoms with Crippen molar-refractivity contribution in [1.82, 2.24) is 0 Å². The van der Waals surface area contributed by atoms with Crippen molar-refractivity contribution in [3.05, 3.63) is 12.2 Å². The molecule has 0 heterocycles. The Labute approximate surface area is 170 Å². The van der Waals surface area contributed by atoms with Crippen LogP contribution in [0.15, 0.2) is 12.2 Å². The molecule has 0 spiro atoms. The van der Waals surface area contributed by atoms with E-state index in [0.717, 1.165) is 25.7 Å². The lowest BCUT2D eigenvalue weighted by Gasteiger charge is -2.02. The van der Waals surface area contributed by atoms with Crippen LogP contribution in [0.4, 0.5) is 0 Å². The standard InChI is InChI=1S/C25H48O2/c1-2-3-4-5-6-7-8-9-10-11-12-13-14-15-16-17-18-19-20-21-22-23-24-25(26)27/h17-18H,2-16,19-24H2,1H3,(H,26,27). The van der Waals surface area contributed by atoms with Crippen LogP contribution in [0.1, 0.15) is 142 Å². The van der Waals surface area contributed by atoms with Gasteiger partial charge in [0.05, 0.1) is 0 Å². The minimum absolute atomic E-state index is 0.328. The number of unbranched alkanes of at least 4 members (excludes halogenated alkanes) is 18. The first kappa shape index (κ1) is 26.2. The second-order valence-corrected chi connectivity index (χ2v) is 8.20. The molecule has 0 aliphatic heterocycles. The number of hydrogen-bond acceptors (Lipinski definition) is 1. The summed E-state index contributed by atoms with van der Waals surface area (Å²) in [6.07, 6.45) is 31.6. The predicted molar refractivity (Wildman–Crippen MR) is 119 cm³/mol. The summed E-state index contributed by atoms with van der Waals surface area (Å²) in [7, 11) is 0. The summed E-state index contributed by atoms with van der Waals surface area (Å²) in [6.45, 7) is 2.29. The number of carboxylic acids is 1. The average molecular weight is 381 g/mol. The van der Waals surface area contributed by atoms with Gasteiger partial charge in [-0.15, -0.1) is 0 Å². The molecule has 0 aromatic rings. The predicted octanol–water partition coefficient (Wildman–Crippen LogP) is 8.84. The minimum Gasteiger partial charge on any atom is -0.481 e. The van der Waals surface area contributed by atoms with Gasteiger partial charge in [-0.25, -0.2) is 0 Å². The van der Waals surface area contributed by atoms with E-state index >= 15 is 0 Å². The normalized spacial score (nSPS) is 11.4. The first-order chi connectivity index (χ1) is 13.3. The Kier molecular flexibility index (Phi) is 22.6. The van der Waals surface area contributed by atoms with Crippen molar-refractivity contribution < 1.29 is 9.90 Å². The molecule has 27 heavy (non-hydrogen) atoms. The molecule has 2 heteroatoms. The molecule has 1 N–H and O–H groups in total. The van der Waals surface area contributed by atoms with Crippen molar-refractivity contribution >= 4 is 5.97 Å². The summed E-state index contributed by atoms with van der Waals surface area (Å²) < 4.78 is 0. The number of carbonyl (C=O) groups is 1. The van der Waals surface area contributed by atoms with Crippen LogP contribution in [0.2, 0.25) is 0 Å². The molecule has 0 aromatic heterocycles. The molecule has 0 amide bonds. The van der Waals surface area contributed by atoms with Crippen LogP contribution in [-0.2, 0) is 4.79 Å². The molecule has 0 aromatic carbocycles. The number of allylic oxidation sites excluding steroid dienone is 2. The zero-order chi connectivity index (χ0) is 19.8. The Balaban J connectivity index is 3.07. The van der Waals surface area contributed by atoms with E-state index in [4.69, 9.17) is 5.11 Å². The second-order valence-electron chi connectivity index (χ2n) is 8.20. The molecule has 160 valence electrons. The molecule has 0 saturated carbocycles. The third kappa shape index (κ3) is 25.2. The van der Waals surface area contributed by atoms with Crippen LogP contribution in [0, 0.1) is 0 Å². The highest BCUT2D eigenvalue weighted by molar-refractivity contribution is 5.66. The lowest BCUT2D eigenvalue weighted by Crippen LogP contribution is -1.93. The van der Waals surface area contributed by atoms with Crippen molar-refractivity contribution in [1.29, 1.82) is 0 Å². The maximum atomic E-state index is 10.4. The lowest BCUT2D eigenvalue weighted by atomic mass is 10.0. The maximum absolute atomic E-state index is 10.4. The summed E-state index contributed by atoms with van der Waals surface area (Å²) in [6, 6.07) is 0. The van der Waals surface area contributed by atoms with Crippen molar-refractivity contribution in [2.45, 2.75) is 142 Å². The van der Waals surface area contributed by atoms with E-state index in [2.05, 4.69) is 19.1 Å². The molecular weight excluding hydrogens is 332 g/mol. The topological polar surface area (TPSA) is 37.3 Å². The second kappa shape index (κ2) is 23.2. The van der Waals surface area contributed by atoms with E-state index in [-0.39, 0.29) is 0 Å². The van der Waals surface area contributed by atoms with Crippen LogP contribution in [-0.4, -0.2) is 11.1 Å². The van der Waals surface area contributed by atoms with E-state index in [9.17, 15) is 4.79 Å². The van der Waals surface area contributed by atoms with Crippen LogP contribution < -0.4 is 0 Å². The van der Waals surface area contributed by atoms with Gasteiger partial charge in [-0.05, 0) is 32.1 Å². The van der Waals surface area contributed by atoms with Gasteiger partial charge >= 0.3 is 5.97 Å². The molecule has 0 bridgehead atoms. The third-order valence-electron chi connectivity index (χ3n) is 5.40. The Bertz CT molecular complexity index is 322. The zero-order valence-electron chi connectivity index (χ0n) is 18.4. The third-order valence-corrected chi connectivity index (χ3v) is 5.40. The maximum Gasteiger partial charge on any atom is 0.303 e. The molecule has 0 radical (unpaired) electrons. The number of aliphatic carboxylic acids is 1. The molecule has 0 aliphatic carbocycles. The number of rotatable bonds is 22. The average Bonchev–Trinajstić information content (AvgIpc) is 2.65. The molecule has 0 fully saturated rings. The summed E-state index contributed by atoms with van der Waals surface area (Å²) in [5.41, 5.74) is 0. The largest absolute Gasteiger partial charge is 0.481 e. The highest BCUT2D eigenvalue weighted by Crippen LogP contribution is 2.13. The quantitative estimate of drug-likeness (QED) is 0.150. The van der Waals surface area contributed by atoms with E-state index in [1.54, 1.807) is 0 Å². The number of carboxylic acid groups (broad SMARTS) is 1. The van der Waals surface area contributed by atoms with E-state index in [0.29, 0.717) is 6.42 Å². The summed E-state index contributed by atoms with van der Waals surface area (Å²) >= 11 is 0. The number of hydrogen-bond donors (Lipinski definition) is 1. The fourth-order valence-electron chi connectivity index (χ4n) is 3.58. The van der Waals surface area contributed by atoms with Crippen molar-refractivity contribution in [3.8, 4) is 0 Å². The van der Waals surface area contributed by atoms with Gasteiger partial charge in [0, 0.05) is 6.42 Å². The van der Waals surface area contributed by atoms with Crippen LogP contribution in [0.3, 0.4) is 0 Å². The van der Waals surface area contributed by atoms with Gasteiger partial charge in [0.1, 0.15) is 0 Å². The Morgan fingerprint density at radius 1 is 0.556 bits per heavy atom. The van der Waals surface area contributed by atoms with Gasteiger partial charge in [0.2, 0.25) is 0 Å². The highest BCUT2D eigenvalue weighted by atomic mass is 16.4. The molecule has 0 unspecified atom stereocenters. The van der Waals surface area contributed by atoms with E-state index in [1.165, 1.54) is 103 Å². The lowest BCUT2D eigenvalue weighted by molar-refractivity contribution is -0.137. The highest BCUT2D eigenvalue weighted by Gasteiger charge is 1.96. The van der Waals surface area contributed by atoms with Crippen LogP contribution in [0.25, 0.3) is 0 Å². The summed E-state index contributed by atoms with van der Waals surface area (Å²) in [5.74, 6) is -0.664. The molecule has 0 aliphatic rings. The SMILES string of the molecule is CCCCCCCCCCCCCCCCC=CCCCCCCC(=O)O. The first-order valence-electron chi connectivity index (χ1n) is 12.1. The van der Waals surface area contributed by atoms with Gasteiger partial charge in [-0.2, -0.15) is 0 Å². The Morgan fingerprint density at radius 2 is 0.889 bits per heavy atom. The smallest absolute Gasteiger partial charge is 0.303 e.